The molecule has 1 aromatic carbocycles. The number of hydrogen-bond donors (Lipinski definition) is 1. The van der Waals surface area contributed by atoms with Crippen LogP contribution in [0.3, 0.4) is 0 Å². The number of fused-ring (bicyclic) bond motifs is 1. The Morgan fingerprint density at radius 3 is 2.62 bits per heavy atom. The van der Waals surface area contributed by atoms with Crippen LogP contribution in [-0.2, 0) is 6.54 Å². The number of furan rings is 1. The Labute approximate surface area is 170 Å². The average molecular weight is 393 g/mol. The van der Waals surface area contributed by atoms with Crippen LogP contribution in [-0.4, -0.2) is 66.0 Å². The first-order chi connectivity index (χ1) is 14.3. The van der Waals surface area contributed by atoms with Gasteiger partial charge in [0.05, 0.1) is 6.26 Å². The minimum absolute atomic E-state index is 0.0449. The third-order valence-corrected chi connectivity index (χ3v) is 5.35. The molecule has 1 fully saturated rings. The highest BCUT2D eigenvalue weighted by atomic mass is 16.3. The number of nitrogens with one attached hydrogen (secondary N) is 1. The van der Waals surface area contributed by atoms with E-state index in [0.717, 1.165) is 38.6 Å². The number of aliphatic imine (C=N–C) groups is 1. The van der Waals surface area contributed by atoms with Gasteiger partial charge in [-0.05, 0) is 36.1 Å². The molecule has 4 rings (SSSR count). The Morgan fingerprint density at radius 2 is 1.86 bits per heavy atom. The molecule has 0 aliphatic carbocycles. The van der Waals surface area contributed by atoms with Gasteiger partial charge in [-0.1, -0.05) is 18.2 Å². The van der Waals surface area contributed by atoms with Gasteiger partial charge in [0.25, 0.3) is 5.91 Å². The lowest BCUT2D eigenvalue weighted by molar-refractivity contribution is 0.0657. The molecule has 0 bridgehead atoms. The zero-order valence-electron chi connectivity index (χ0n) is 16.8. The quantitative estimate of drug-likeness (QED) is 0.411. The first kappa shape index (κ1) is 19.1. The molecule has 1 N–H and O–H groups in total. The number of aromatic nitrogens is 1. The topological polar surface area (TPSA) is 66.0 Å². The van der Waals surface area contributed by atoms with E-state index in [0.29, 0.717) is 18.8 Å². The van der Waals surface area contributed by atoms with Crippen LogP contribution in [0.4, 0.5) is 0 Å². The van der Waals surface area contributed by atoms with E-state index in [1.165, 1.54) is 17.2 Å². The molecule has 3 aromatic rings. The minimum Gasteiger partial charge on any atom is -0.459 e. The number of nitrogens with zero attached hydrogens (tertiary/aromatic N) is 4. The molecule has 0 atom stereocenters. The molecule has 0 saturated carbocycles. The maximum Gasteiger partial charge on any atom is 0.289 e. The number of aryl methyl sites for hydroxylation is 1. The number of amides is 1. The number of guanidine groups is 1. The minimum atomic E-state index is -0.0449. The first-order valence-electron chi connectivity index (χ1n) is 10.1. The van der Waals surface area contributed by atoms with Gasteiger partial charge in [-0.25, -0.2) is 0 Å². The molecule has 1 saturated heterocycles. The van der Waals surface area contributed by atoms with Crippen LogP contribution in [0.5, 0.6) is 0 Å². The Kier molecular flexibility index (Phi) is 5.84. The van der Waals surface area contributed by atoms with Gasteiger partial charge in [0.1, 0.15) is 0 Å². The molecular formula is C22H27N5O2. The van der Waals surface area contributed by atoms with E-state index in [2.05, 4.69) is 56.3 Å². The van der Waals surface area contributed by atoms with Gasteiger partial charge >= 0.3 is 0 Å². The van der Waals surface area contributed by atoms with Gasteiger partial charge in [0.2, 0.25) is 0 Å². The highest BCUT2D eigenvalue weighted by Gasteiger charge is 2.24. The van der Waals surface area contributed by atoms with Crippen LogP contribution in [0.1, 0.15) is 17.0 Å². The number of piperazine rings is 1. The normalized spacial score (nSPS) is 15.1. The van der Waals surface area contributed by atoms with Crippen molar-refractivity contribution in [3.05, 3.63) is 60.7 Å². The summed E-state index contributed by atoms with van der Waals surface area (Å²) in [6.07, 6.45) is 4.69. The second-order valence-corrected chi connectivity index (χ2v) is 7.15. The predicted molar refractivity (Wildman–Crippen MR) is 114 cm³/mol. The van der Waals surface area contributed by atoms with Gasteiger partial charge in [-0.3, -0.25) is 9.79 Å². The van der Waals surface area contributed by atoms with E-state index >= 15 is 0 Å². The second kappa shape index (κ2) is 8.86. The van der Waals surface area contributed by atoms with E-state index in [-0.39, 0.29) is 5.91 Å². The standard InChI is InChI=1S/C22H27N5O2/c1-23-22(24-10-5-11-25-12-9-18-6-2-3-7-19(18)25)27-15-13-26(14-16-27)21(28)20-8-4-17-29-20/h2-4,6-9,12,17H,5,10-11,13-16H2,1H3,(H,23,24). The van der Waals surface area contributed by atoms with Crippen molar-refractivity contribution in [1.29, 1.82) is 0 Å². The highest BCUT2D eigenvalue weighted by Crippen LogP contribution is 2.15. The summed E-state index contributed by atoms with van der Waals surface area (Å²) in [4.78, 5) is 20.8. The molecule has 7 heteroatoms. The molecular weight excluding hydrogens is 366 g/mol. The zero-order valence-corrected chi connectivity index (χ0v) is 16.8. The van der Waals surface area contributed by atoms with E-state index in [4.69, 9.17) is 4.42 Å². The molecule has 3 heterocycles. The SMILES string of the molecule is CN=C(NCCCn1ccc2ccccc21)N1CCN(C(=O)c2ccco2)CC1. The summed E-state index contributed by atoms with van der Waals surface area (Å²) in [5.41, 5.74) is 1.27. The van der Waals surface area contributed by atoms with Crippen LogP contribution in [0.2, 0.25) is 0 Å². The Hall–Kier alpha value is -3.22. The fourth-order valence-electron chi connectivity index (χ4n) is 3.79. The number of carbonyl (C=O) groups is 1. The van der Waals surface area contributed by atoms with Gasteiger partial charge in [0, 0.05) is 58.0 Å². The third kappa shape index (κ3) is 4.29. The van der Waals surface area contributed by atoms with Crippen LogP contribution >= 0.6 is 0 Å². The van der Waals surface area contributed by atoms with Crippen LogP contribution in [0.25, 0.3) is 10.9 Å². The van der Waals surface area contributed by atoms with Crippen molar-refractivity contribution in [3.63, 3.8) is 0 Å². The van der Waals surface area contributed by atoms with Crippen molar-refractivity contribution in [2.24, 2.45) is 4.99 Å². The number of para-hydroxylation sites is 1. The molecule has 0 radical (unpaired) electrons. The molecule has 2 aromatic heterocycles. The number of rotatable bonds is 5. The van der Waals surface area contributed by atoms with Crippen LogP contribution in [0, 0.1) is 0 Å². The summed E-state index contributed by atoms with van der Waals surface area (Å²) in [7, 11) is 1.81. The molecule has 1 aliphatic heterocycles. The van der Waals surface area contributed by atoms with Crippen molar-refractivity contribution in [3.8, 4) is 0 Å². The molecule has 0 spiro atoms. The average Bonchev–Trinajstić information content (AvgIpc) is 3.44. The fourth-order valence-corrected chi connectivity index (χ4v) is 3.79. The van der Waals surface area contributed by atoms with Gasteiger partial charge < -0.3 is 24.1 Å². The Balaban J connectivity index is 1.23. The summed E-state index contributed by atoms with van der Waals surface area (Å²) in [5.74, 6) is 1.25. The summed E-state index contributed by atoms with van der Waals surface area (Å²) in [6.45, 7) is 4.65. The highest BCUT2D eigenvalue weighted by molar-refractivity contribution is 5.91. The second-order valence-electron chi connectivity index (χ2n) is 7.15. The summed E-state index contributed by atoms with van der Waals surface area (Å²) >= 11 is 0. The molecule has 7 nitrogen and oxygen atoms in total. The zero-order chi connectivity index (χ0) is 20.1. The number of hydrogen-bond acceptors (Lipinski definition) is 3. The summed E-state index contributed by atoms with van der Waals surface area (Å²) in [6, 6.07) is 14.1. The van der Waals surface area contributed by atoms with Crippen LogP contribution < -0.4 is 5.32 Å². The molecule has 29 heavy (non-hydrogen) atoms. The maximum absolute atomic E-state index is 12.4. The van der Waals surface area contributed by atoms with E-state index < -0.39 is 0 Å². The Morgan fingerprint density at radius 1 is 1.07 bits per heavy atom. The van der Waals surface area contributed by atoms with Crippen molar-refractivity contribution >= 4 is 22.8 Å². The van der Waals surface area contributed by atoms with Gasteiger partial charge in [0.15, 0.2) is 11.7 Å². The van der Waals surface area contributed by atoms with Crippen molar-refractivity contribution in [1.82, 2.24) is 19.7 Å². The van der Waals surface area contributed by atoms with Crippen LogP contribution in [0.15, 0.2) is 64.3 Å². The molecule has 1 aliphatic rings. The summed E-state index contributed by atoms with van der Waals surface area (Å²) in [5, 5.41) is 4.74. The molecule has 152 valence electrons. The van der Waals surface area contributed by atoms with Crippen molar-refractivity contribution in [2.75, 3.05) is 39.8 Å². The predicted octanol–water partition coefficient (Wildman–Crippen LogP) is 2.66. The Bertz CT molecular complexity index is 968. The monoisotopic (exact) mass is 393 g/mol. The van der Waals surface area contributed by atoms with Crippen molar-refractivity contribution < 1.29 is 9.21 Å². The van der Waals surface area contributed by atoms with E-state index in [1.54, 1.807) is 12.1 Å². The maximum atomic E-state index is 12.4. The smallest absolute Gasteiger partial charge is 0.289 e. The number of benzene rings is 1. The largest absolute Gasteiger partial charge is 0.459 e. The van der Waals surface area contributed by atoms with E-state index in [1.807, 2.05) is 11.9 Å². The lowest BCUT2D eigenvalue weighted by Gasteiger charge is -2.36. The first-order valence-corrected chi connectivity index (χ1v) is 10.1. The number of carbonyl (C=O) groups excluding carboxylic acids is 1. The van der Waals surface area contributed by atoms with Gasteiger partial charge in [-0.2, -0.15) is 0 Å². The lowest BCUT2D eigenvalue weighted by Crippen LogP contribution is -2.53. The molecule has 1 amide bonds. The molecule has 0 unspecified atom stereocenters. The third-order valence-electron chi connectivity index (χ3n) is 5.35. The lowest BCUT2D eigenvalue weighted by atomic mass is 10.2. The van der Waals surface area contributed by atoms with Gasteiger partial charge in [-0.15, -0.1) is 0 Å². The summed E-state index contributed by atoms with van der Waals surface area (Å²) < 4.78 is 7.51. The van der Waals surface area contributed by atoms with Crippen molar-refractivity contribution in [2.45, 2.75) is 13.0 Å². The van der Waals surface area contributed by atoms with E-state index in [9.17, 15) is 4.79 Å². The fraction of sp³-hybridized carbons (Fsp3) is 0.364.